The van der Waals surface area contributed by atoms with E-state index in [-0.39, 0.29) is 48.9 Å². The van der Waals surface area contributed by atoms with Crippen molar-refractivity contribution in [2.45, 2.75) is 85.2 Å². The quantitative estimate of drug-likeness (QED) is 0.154. The Balaban J connectivity index is 0.00000846. The summed E-state index contributed by atoms with van der Waals surface area (Å²) in [6.45, 7) is -0.815. The number of aromatic nitrogens is 3. The summed E-state index contributed by atoms with van der Waals surface area (Å²) >= 11 is 0. The molecule has 362 valence electrons. The Morgan fingerprint density at radius 2 is 1.12 bits per heavy atom. The minimum Gasteiger partial charge on any atom is -0.507 e. The van der Waals surface area contributed by atoms with Gasteiger partial charge in [-0.1, -0.05) is 212 Å². The van der Waals surface area contributed by atoms with E-state index in [0.717, 1.165) is 27.8 Å². The number of nitrogens with zero attached hydrogens (tertiary/aromatic N) is 3. The summed E-state index contributed by atoms with van der Waals surface area (Å²) in [6, 6.07) is 58.8. The molecule has 2 heterocycles. The van der Waals surface area contributed by atoms with Gasteiger partial charge in [0, 0.05) is 55.0 Å². The van der Waals surface area contributed by atoms with E-state index >= 15 is 0 Å². The average molecular weight is 1130 g/mol. The molecule has 0 bridgehead atoms. The van der Waals surface area contributed by atoms with Gasteiger partial charge < -0.3 is 5.11 Å². The molecular formula is C67H62N3OPt-. The van der Waals surface area contributed by atoms with Crippen molar-refractivity contribution in [1.82, 2.24) is 14.5 Å². The number of hydrogen-bond acceptors (Lipinski definition) is 3. The summed E-state index contributed by atoms with van der Waals surface area (Å²) in [7, 11) is 0. The van der Waals surface area contributed by atoms with Gasteiger partial charge in [-0.15, -0.1) is 23.8 Å². The van der Waals surface area contributed by atoms with Gasteiger partial charge in [0.1, 0.15) is 11.6 Å². The van der Waals surface area contributed by atoms with E-state index in [1.807, 2.05) is 165 Å². The second-order valence-corrected chi connectivity index (χ2v) is 20.3. The van der Waals surface area contributed by atoms with Crippen molar-refractivity contribution in [2.24, 2.45) is 0 Å². The first-order chi connectivity index (χ1) is 38.9. The Morgan fingerprint density at radius 3 is 1.75 bits per heavy atom. The molecule has 0 radical (unpaired) electrons. The summed E-state index contributed by atoms with van der Waals surface area (Å²) < 4.78 is 107. The van der Waals surface area contributed by atoms with Crippen LogP contribution in [0.4, 0.5) is 0 Å². The van der Waals surface area contributed by atoms with Crippen LogP contribution < -0.4 is 0 Å². The van der Waals surface area contributed by atoms with E-state index < -0.39 is 38.2 Å². The fourth-order valence-electron chi connectivity index (χ4n) is 9.41. The van der Waals surface area contributed by atoms with Crippen molar-refractivity contribution in [1.29, 1.82) is 0 Å². The number of rotatable bonds is 8. The maximum atomic E-state index is 12.6. The standard InChI is InChI=1S/C67H62N3O.Pt/c1-43-35-47(44-21-14-11-15-22-44)30-32-60(43)70-61-28-20-27-54(62(61)69-64(70)56-41-53(65(2,3)4)42-58(63(56)71)67(8,9)10)51-36-50(46-25-18-13-19-26-46)37-52(38-51)59-40-49(33-34-68-59)55-39-48(45-23-16-12-17-24-45)29-31-57(55)66(5,6)7;/h11-37,39-42,71H,1-10H3;/q-1;/i1D3,5D3,6D3,7D3;. The van der Waals surface area contributed by atoms with Gasteiger partial charge in [0.15, 0.2) is 0 Å². The van der Waals surface area contributed by atoms with Crippen LogP contribution in [-0.4, -0.2) is 19.6 Å². The van der Waals surface area contributed by atoms with Crippen LogP contribution in [0.2, 0.25) is 0 Å². The first-order valence-corrected chi connectivity index (χ1v) is 23.8. The van der Waals surface area contributed by atoms with Crippen molar-refractivity contribution in [2.75, 3.05) is 0 Å². The summed E-state index contributed by atoms with van der Waals surface area (Å²) in [5.41, 5.74) is 5.71. The van der Waals surface area contributed by atoms with Gasteiger partial charge in [-0.3, -0.25) is 9.55 Å². The first kappa shape index (κ1) is 36.7. The Labute approximate surface area is 457 Å². The van der Waals surface area contributed by atoms with E-state index in [9.17, 15) is 5.11 Å². The van der Waals surface area contributed by atoms with Crippen LogP contribution in [0.15, 0.2) is 188 Å². The molecule has 2 aromatic heterocycles. The van der Waals surface area contributed by atoms with Crippen molar-refractivity contribution in [3.8, 4) is 89.7 Å². The third-order valence-electron chi connectivity index (χ3n) is 13.2. The fraction of sp³-hybridized carbons (Fsp3) is 0.194. The predicted octanol–water partition coefficient (Wildman–Crippen LogP) is 17.8. The van der Waals surface area contributed by atoms with Crippen LogP contribution >= 0.6 is 0 Å². The summed E-state index contributed by atoms with van der Waals surface area (Å²) in [5, 5.41) is 12.6. The van der Waals surface area contributed by atoms with Gasteiger partial charge in [-0.2, -0.15) is 0 Å². The molecule has 72 heavy (non-hydrogen) atoms. The Hall–Kier alpha value is -7.13. The van der Waals surface area contributed by atoms with Crippen LogP contribution in [-0.2, 0) is 37.3 Å². The van der Waals surface area contributed by atoms with E-state index in [1.54, 1.807) is 36.4 Å². The Kier molecular flexibility index (Phi) is 9.93. The number of benzene rings is 8. The molecule has 0 spiro atoms. The molecule has 8 aromatic carbocycles. The monoisotopic (exact) mass is 1130 g/mol. The predicted molar refractivity (Wildman–Crippen MR) is 298 cm³/mol. The smallest absolute Gasteiger partial charge is 0.148 e. The number of pyridine rings is 1. The fourth-order valence-corrected chi connectivity index (χ4v) is 9.41. The SMILES string of the molecule is [2H]C([2H])([2H])c1cc(-c2ccccc2)ccc1-n1c(-c2cc(C(C)(C)C)cc(C(C)(C)C)c2O)nc2c(-c3[c-]c(-c4cc(-c5cc(-c6ccccc6)ccc5C(C([2H])([2H])[2H])(C([2H])([2H])[2H])C([2H])([2H])[2H])ccn4)cc(-c4ccccc4)c3)cccc21.[Pt]. The van der Waals surface area contributed by atoms with Gasteiger partial charge in [0.25, 0.3) is 0 Å². The molecule has 0 saturated carbocycles. The normalized spacial score (nSPS) is 15.1. The summed E-state index contributed by atoms with van der Waals surface area (Å²) in [5.74, 6) is 0.321. The molecule has 0 unspecified atom stereocenters. The number of aromatic hydroxyl groups is 1. The van der Waals surface area contributed by atoms with Crippen molar-refractivity contribution in [3.63, 3.8) is 0 Å². The molecular weight excluding hydrogens is 1060 g/mol. The summed E-state index contributed by atoms with van der Waals surface area (Å²) in [4.78, 5) is 10.3. The van der Waals surface area contributed by atoms with Crippen LogP contribution in [0, 0.1) is 12.9 Å². The third kappa shape index (κ3) is 9.78. The maximum Gasteiger partial charge on any atom is 0.148 e. The number of phenols is 1. The third-order valence-corrected chi connectivity index (χ3v) is 13.2. The minimum absolute atomic E-state index is 0. The second-order valence-electron chi connectivity index (χ2n) is 20.3. The molecule has 0 atom stereocenters. The zero-order valence-corrected chi connectivity index (χ0v) is 43.3. The van der Waals surface area contributed by atoms with E-state index in [4.69, 9.17) is 26.4 Å². The Morgan fingerprint density at radius 1 is 0.500 bits per heavy atom. The van der Waals surface area contributed by atoms with E-state index in [1.165, 1.54) is 12.3 Å². The number of imidazole rings is 1. The largest absolute Gasteiger partial charge is 0.507 e. The van der Waals surface area contributed by atoms with Crippen LogP contribution in [0.5, 0.6) is 5.75 Å². The molecule has 0 aliphatic carbocycles. The molecule has 10 aromatic rings. The van der Waals surface area contributed by atoms with Crippen molar-refractivity contribution < 1.29 is 42.6 Å². The molecule has 0 aliphatic rings. The van der Waals surface area contributed by atoms with Crippen LogP contribution in [0.3, 0.4) is 0 Å². The number of aryl methyl sites for hydroxylation is 1. The molecule has 1 N–H and O–H groups in total. The second kappa shape index (κ2) is 19.5. The molecule has 0 saturated heterocycles. The topological polar surface area (TPSA) is 50.9 Å². The van der Waals surface area contributed by atoms with Gasteiger partial charge in [-0.25, -0.2) is 4.98 Å². The maximum absolute atomic E-state index is 12.6. The summed E-state index contributed by atoms with van der Waals surface area (Å²) in [6.07, 6.45) is 1.51. The molecule has 4 nitrogen and oxygen atoms in total. The van der Waals surface area contributed by atoms with Crippen molar-refractivity contribution in [3.05, 3.63) is 217 Å². The molecule has 0 fully saturated rings. The molecule has 0 aliphatic heterocycles. The number of phenolic OH excluding ortho intramolecular Hbond substituents is 1. The number of para-hydroxylation sites is 1. The first-order valence-electron chi connectivity index (χ1n) is 29.8. The number of fused-ring (bicyclic) bond motifs is 1. The van der Waals surface area contributed by atoms with Crippen LogP contribution in [0.1, 0.15) is 101 Å². The Bertz CT molecular complexity index is 4030. The molecule has 0 amide bonds. The molecule has 10 rings (SSSR count). The van der Waals surface area contributed by atoms with Gasteiger partial charge in [-0.05, 0) is 115 Å². The minimum atomic E-state index is -3.54. The van der Waals surface area contributed by atoms with E-state index in [0.29, 0.717) is 72.7 Å². The zero-order chi connectivity index (χ0) is 59.8. The van der Waals surface area contributed by atoms with Gasteiger partial charge in [0.2, 0.25) is 0 Å². The van der Waals surface area contributed by atoms with Crippen LogP contribution in [0.25, 0.3) is 95.0 Å². The molecule has 5 heteroatoms. The number of hydrogen-bond donors (Lipinski definition) is 1. The van der Waals surface area contributed by atoms with E-state index in [2.05, 4.69) is 26.8 Å². The average Bonchev–Trinajstić information content (AvgIpc) is 0.818. The van der Waals surface area contributed by atoms with Gasteiger partial charge in [0.05, 0.1) is 22.3 Å². The zero-order valence-electron chi connectivity index (χ0n) is 53.0. The van der Waals surface area contributed by atoms with Crippen molar-refractivity contribution >= 4 is 11.0 Å². The van der Waals surface area contributed by atoms with Gasteiger partial charge >= 0.3 is 0 Å².